The molecule has 0 saturated heterocycles. The number of hydrogen-bond acceptors (Lipinski definition) is 4. The van der Waals surface area contributed by atoms with Crippen LogP contribution in [-0.2, 0) is 10.8 Å². The highest BCUT2D eigenvalue weighted by molar-refractivity contribution is 5.95. The van der Waals surface area contributed by atoms with Crippen molar-refractivity contribution in [1.82, 2.24) is 19.9 Å². The molecule has 116 heavy (non-hydrogen) atoms. The van der Waals surface area contributed by atoms with Gasteiger partial charge in [-0.1, -0.05) is 376 Å². The fourth-order valence-corrected chi connectivity index (χ4v) is 17.7. The van der Waals surface area contributed by atoms with Gasteiger partial charge in [0.05, 0.1) is 46.7 Å². The van der Waals surface area contributed by atoms with Crippen LogP contribution < -0.4 is 0 Å². The standard InChI is InChI=1S/C56H35N3.C54H35N3/c1-57-48-29-31-52-50(35-48)49-34-43(28-30-51(49)56(52,46-16-4-2-5-17-46)47-18-6-3-7-19-47)39-20-24-40(25-21-39)53-36-54(44-26-22-37-12-8-10-14-41(37)32-44)59-55(58-53)45-27-23-38-13-9-11-15-42(38)33-45;1-55-44-31-33-50-48(35-44)47-34-41(30-32-49(47)54(50,42-20-10-4-11-21-42)43-22-12-5-13-23-43)37-26-28-39(29-27-37)51-36-52(57-53(56-51)40-18-8-3-9-19-40)46-25-15-14-24-45(46)38-16-6-2-7-17-38/h2-36H;2-36H. The third-order valence-electron chi connectivity index (χ3n) is 23.2. The summed E-state index contributed by atoms with van der Waals surface area (Å²) < 4.78 is 0. The van der Waals surface area contributed by atoms with Crippen LogP contribution in [0.25, 0.3) is 155 Å². The Morgan fingerprint density at radius 1 is 0.181 bits per heavy atom. The molecule has 0 bridgehead atoms. The molecule has 2 aliphatic carbocycles. The fourth-order valence-electron chi connectivity index (χ4n) is 17.7. The molecule has 21 rings (SSSR count). The van der Waals surface area contributed by atoms with Crippen molar-refractivity contribution < 1.29 is 0 Å². The average molecular weight is 1480 g/mol. The Hall–Kier alpha value is -15.6. The minimum Gasteiger partial charge on any atom is -0.238 e. The van der Waals surface area contributed by atoms with Gasteiger partial charge in [-0.25, -0.2) is 29.6 Å². The molecule has 17 aromatic carbocycles. The van der Waals surface area contributed by atoms with E-state index in [1.54, 1.807) is 0 Å². The predicted molar refractivity (Wildman–Crippen MR) is 475 cm³/mol. The van der Waals surface area contributed by atoms with Crippen LogP contribution in [0.3, 0.4) is 0 Å². The highest BCUT2D eigenvalue weighted by Gasteiger charge is 2.48. The molecular formula is C110H70N6. The number of fused-ring (bicyclic) bond motifs is 8. The number of nitrogens with zero attached hydrogens (tertiary/aromatic N) is 6. The molecule has 6 heteroatoms. The summed E-state index contributed by atoms with van der Waals surface area (Å²) in [7, 11) is 0. The molecule has 0 atom stereocenters. The topological polar surface area (TPSA) is 60.3 Å². The van der Waals surface area contributed by atoms with E-state index in [0.717, 1.165) is 117 Å². The average Bonchev–Trinajstić information content (AvgIpc) is 1.54. The monoisotopic (exact) mass is 1470 g/mol. The van der Waals surface area contributed by atoms with E-state index in [1.807, 2.05) is 36.4 Å². The lowest BCUT2D eigenvalue weighted by atomic mass is 9.67. The van der Waals surface area contributed by atoms with Gasteiger partial charge >= 0.3 is 0 Å². The second-order valence-electron chi connectivity index (χ2n) is 29.6. The summed E-state index contributed by atoms with van der Waals surface area (Å²) in [5.74, 6) is 1.38. The van der Waals surface area contributed by atoms with E-state index in [4.69, 9.17) is 33.1 Å². The molecule has 0 fully saturated rings. The van der Waals surface area contributed by atoms with E-state index in [0.29, 0.717) is 23.0 Å². The predicted octanol–water partition coefficient (Wildman–Crippen LogP) is 28.1. The lowest BCUT2D eigenvalue weighted by molar-refractivity contribution is 0.768. The first-order chi connectivity index (χ1) is 57.4. The first-order valence-corrected chi connectivity index (χ1v) is 39.1. The van der Waals surface area contributed by atoms with Crippen molar-refractivity contribution in [2.75, 3.05) is 0 Å². The van der Waals surface area contributed by atoms with Crippen LogP contribution in [0.1, 0.15) is 44.5 Å². The van der Waals surface area contributed by atoms with Crippen molar-refractivity contribution in [2.24, 2.45) is 0 Å². The Kier molecular flexibility index (Phi) is 17.7. The summed E-state index contributed by atoms with van der Waals surface area (Å²) in [6.07, 6.45) is 0. The van der Waals surface area contributed by atoms with Crippen LogP contribution in [-0.4, -0.2) is 19.9 Å². The number of hydrogen-bond donors (Lipinski definition) is 0. The van der Waals surface area contributed by atoms with Crippen LogP contribution >= 0.6 is 0 Å². The molecule has 0 spiro atoms. The fraction of sp³-hybridized carbons (Fsp3) is 0.0182. The molecule has 2 heterocycles. The van der Waals surface area contributed by atoms with Crippen LogP contribution in [0.15, 0.2) is 425 Å². The lowest BCUT2D eigenvalue weighted by Crippen LogP contribution is -2.28. The van der Waals surface area contributed by atoms with E-state index in [-0.39, 0.29) is 0 Å². The summed E-state index contributed by atoms with van der Waals surface area (Å²) in [5.41, 5.74) is 30.6. The molecule has 540 valence electrons. The Morgan fingerprint density at radius 3 is 0.922 bits per heavy atom. The van der Waals surface area contributed by atoms with Crippen LogP contribution in [0, 0.1) is 13.1 Å². The van der Waals surface area contributed by atoms with Crippen molar-refractivity contribution >= 4 is 32.9 Å². The Morgan fingerprint density at radius 2 is 0.483 bits per heavy atom. The zero-order valence-electron chi connectivity index (χ0n) is 63.1. The summed E-state index contributed by atoms with van der Waals surface area (Å²) in [6, 6.07) is 150. The molecule has 19 aromatic rings. The molecular weight excluding hydrogens is 1410 g/mol. The van der Waals surface area contributed by atoms with Gasteiger partial charge in [0.1, 0.15) is 0 Å². The molecule has 0 amide bonds. The zero-order chi connectivity index (χ0) is 77.5. The van der Waals surface area contributed by atoms with Gasteiger partial charge in [0.25, 0.3) is 0 Å². The second kappa shape index (κ2) is 29.6. The van der Waals surface area contributed by atoms with Crippen molar-refractivity contribution in [3.8, 4) is 123 Å². The Labute approximate surface area is 674 Å². The van der Waals surface area contributed by atoms with Crippen molar-refractivity contribution in [3.05, 3.63) is 492 Å². The lowest BCUT2D eigenvalue weighted by Gasteiger charge is -2.34. The minimum absolute atomic E-state index is 0.517. The van der Waals surface area contributed by atoms with E-state index < -0.39 is 10.8 Å². The smallest absolute Gasteiger partial charge is 0.187 e. The number of rotatable bonds is 13. The maximum Gasteiger partial charge on any atom is 0.187 e. The molecule has 0 N–H and O–H groups in total. The van der Waals surface area contributed by atoms with E-state index in [9.17, 15) is 0 Å². The van der Waals surface area contributed by atoms with Crippen LogP contribution in [0.5, 0.6) is 0 Å². The second-order valence-corrected chi connectivity index (χ2v) is 29.6. The molecule has 0 unspecified atom stereocenters. The minimum atomic E-state index is -0.519. The SMILES string of the molecule is [C-]#[N+]c1ccc2c(c1)-c1cc(-c3ccc(-c4cc(-c5ccc6ccccc6c5)nc(-c5ccc6ccccc6c5)n4)cc3)ccc1C2(c1ccccc1)c1ccccc1.[C-]#[N+]c1ccc2c(c1)-c1cc(-c3ccc(-c4cc(-c5ccccc5-c5ccccc5)nc(-c5ccccc5)n4)cc3)ccc1C2(c1ccccc1)c1ccccc1. The number of aromatic nitrogens is 4. The van der Waals surface area contributed by atoms with Gasteiger partial charge < -0.3 is 0 Å². The van der Waals surface area contributed by atoms with Gasteiger partial charge in [-0.15, -0.1) is 0 Å². The van der Waals surface area contributed by atoms with Crippen molar-refractivity contribution in [3.63, 3.8) is 0 Å². The van der Waals surface area contributed by atoms with E-state index in [1.165, 1.54) is 60.7 Å². The highest BCUT2D eigenvalue weighted by atomic mass is 14.9. The maximum absolute atomic E-state index is 7.89. The van der Waals surface area contributed by atoms with Crippen molar-refractivity contribution in [1.29, 1.82) is 0 Å². The molecule has 2 aromatic heterocycles. The zero-order valence-corrected chi connectivity index (χ0v) is 63.1. The summed E-state index contributed by atoms with van der Waals surface area (Å²) in [5, 5.41) is 4.71. The Bertz CT molecular complexity index is 6880. The third-order valence-corrected chi connectivity index (χ3v) is 23.2. The van der Waals surface area contributed by atoms with Gasteiger partial charge in [0.15, 0.2) is 23.0 Å². The third kappa shape index (κ3) is 12.3. The first-order valence-electron chi connectivity index (χ1n) is 39.1. The van der Waals surface area contributed by atoms with E-state index >= 15 is 0 Å². The normalized spacial score (nSPS) is 12.4. The first kappa shape index (κ1) is 69.6. The van der Waals surface area contributed by atoms with Crippen LogP contribution in [0.4, 0.5) is 11.4 Å². The van der Waals surface area contributed by atoms with E-state index in [2.05, 4.69) is 398 Å². The molecule has 0 saturated carbocycles. The molecule has 6 nitrogen and oxygen atoms in total. The summed E-state index contributed by atoms with van der Waals surface area (Å²) >= 11 is 0. The summed E-state index contributed by atoms with van der Waals surface area (Å²) in [4.78, 5) is 28.3. The Balaban J connectivity index is 0.000000150. The van der Waals surface area contributed by atoms with Gasteiger partial charge in [0.2, 0.25) is 0 Å². The largest absolute Gasteiger partial charge is 0.238 e. The maximum atomic E-state index is 7.89. The summed E-state index contributed by atoms with van der Waals surface area (Å²) in [6.45, 7) is 15.8. The molecule has 0 radical (unpaired) electrons. The van der Waals surface area contributed by atoms with Crippen LogP contribution in [0.2, 0.25) is 0 Å². The van der Waals surface area contributed by atoms with Gasteiger partial charge in [-0.3, -0.25) is 0 Å². The number of benzene rings is 17. The van der Waals surface area contributed by atoms with Gasteiger partial charge in [-0.2, -0.15) is 0 Å². The molecule has 0 aliphatic heterocycles. The quantitative estimate of drug-likeness (QED) is 0.108. The molecule has 2 aliphatic rings. The van der Waals surface area contributed by atoms with Gasteiger partial charge in [0, 0.05) is 33.4 Å². The van der Waals surface area contributed by atoms with Gasteiger partial charge in [-0.05, 0) is 170 Å². The highest BCUT2D eigenvalue weighted by Crippen LogP contribution is 2.59. The van der Waals surface area contributed by atoms with Crippen molar-refractivity contribution in [2.45, 2.75) is 10.8 Å².